The van der Waals surface area contributed by atoms with Gasteiger partial charge in [0.2, 0.25) is 12.1 Å². The third-order valence-corrected chi connectivity index (χ3v) is 5.97. The van der Waals surface area contributed by atoms with Gasteiger partial charge in [-0.1, -0.05) is 23.2 Å². The van der Waals surface area contributed by atoms with Gasteiger partial charge in [-0.25, -0.2) is 19.2 Å². The molecule has 0 spiro atoms. The van der Waals surface area contributed by atoms with E-state index in [0.717, 1.165) is 6.42 Å². The Morgan fingerprint density at radius 1 is 1.30 bits per heavy atom. The van der Waals surface area contributed by atoms with E-state index in [1.807, 2.05) is 0 Å². The van der Waals surface area contributed by atoms with Crippen molar-refractivity contribution in [3.63, 3.8) is 0 Å². The lowest BCUT2D eigenvalue weighted by atomic mass is 10.1. The summed E-state index contributed by atoms with van der Waals surface area (Å²) in [7, 11) is 0. The molecule has 2 aromatic heterocycles. The number of nitriles is 1. The number of nitrogens with zero attached hydrogens (tertiary/aromatic N) is 6. The lowest BCUT2D eigenvalue weighted by Gasteiger charge is -2.31. The van der Waals surface area contributed by atoms with Crippen LogP contribution in [-0.2, 0) is 0 Å². The van der Waals surface area contributed by atoms with Gasteiger partial charge in [0.15, 0.2) is 0 Å². The van der Waals surface area contributed by atoms with Crippen LogP contribution in [0.25, 0.3) is 17.2 Å². The highest BCUT2D eigenvalue weighted by Gasteiger charge is 2.25. The number of alkyl halides is 1. The normalized spacial score (nSPS) is 16.8. The maximum atomic E-state index is 14.5. The van der Waals surface area contributed by atoms with Gasteiger partial charge in [-0.2, -0.15) is 10.2 Å². The lowest BCUT2D eigenvalue weighted by molar-refractivity contribution is 0.132. The smallest absolute Gasteiger partial charge is 0.407 e. The summed E-state index contributed by atoms with van der Waals surface area (Å²) in [5, 5.41) is 22.2. The Labute approximate surface area is 198 Å². The van der Waals surface area contributed by atoms with Gasteiger partial charge in [0.05, 0.1) is 21.9 Å². The zero-order valence-electron chi connectivity index (χ0n) is 17.1. The van der Waals surface area contributed by atoms with E-state index in [1.165, 1.54) is 21.9 Å². The molecule has 1 amide bonds. The molecular formula is C21H18Cl2FN7O2. The average molecular weight is 490 g/mol. The molecule has 1 aromatic carbocycles. The number of amides is 1. The summed E-state index contributed by atoms with van der Waals surface area (Å²) in [6, 6.07) is 7.84. The molecule has 12 heteroatoms. The zero-order chi connectivity index (χ0) is 23.5. The van der Waals surface area contributed by atoms with Crippen molar-refractivity contribution < 1.29 is 14.3 Å². The van der Waals surface area contributed by atoms with Gasteiger partial charge < -0.3 is 15.3 Å². The average Bonchev–Trinajstić information content (AvgIpc) is 3.26. The van der Waals surface area contributed by atoms with E-state index in [1.54, 1.807) is 30.3 Å². The van der Waals surface area contributed by atoms with Crippen molar-refractivity contribution >= 4 is 35.2 Å². The van der Waals surface area contributed by atoms with Gasteiger partial charge >= 0.3 is 6.09 Å². The first-order valence-electron chi connectivity index (χ1n) is 10.0. The quantitative estimate of drug-likeness (QED) is 0.531. The predicted octanol–water partition coefficient (Wildman–Crippen LogP) is 4.72. The number of rotatable bonds is 5. The maximum Gasteiger partial charge on any atom is 0.407 e. The topological polar surface area (TPSA) is 120 Å². The minimum absolute atomic E-state index is 0.00191. The van der Waals surface area contributed by atoms with Crippen molar-refractivity contribution in [3.05, 3.63) is 52.4 Å². The largest absolute Gasteiger partial charge is 0.465 e. The number of piperidine rings is 1. The summed E-state index contributed by atoms with van der Waals surface area (Å²) in [6.45, 7) is 0.778. The Bertz CT molecular complexity index is 1230. The Morgan fingerprint density at radius 2 is 2.12 bits per heavy atom. The molecule has 0 radical (unpaired) electrons. The molecule has 0 bridgehead atoms. The first-order chi connectivity index (χ1) is 15.9. The van der Waals surface area contributed by atoms with Gasteiger partial charge in [0.1, 0.15) is 17.7 Å². The number of halogens is 3. The van der Waals surface area contributed by atoms with Gasteiger partial charge in [0.25, 0.3) is 0 Å². The summed E-state index contributed by atoms with van der Waals surface area (Å²) < 4.78 is 15.9. The number of imidazole rings is 1. The summed E-state index contributed by atoms with van der Waals surface area (Å²) >= 11 is 12.2. The van der Waals surface area contributed by atoms with Crippen LogP contribution in [0.15, 0.2) is 36.7 Å². The van der Waals surface area contributed by atoms with E-state index in [4.69, 9.17) is 28.5 Å². The van der Waals surface area contributed by atoms with E-state index < -0.39 is 12.3 Å². The Balaban J connectivity index is 1.71. The molecule has 1 aliphatic rings. The molecule has 9 nitrogen and oxygen atoms in total. The van der Waals surface area contributed by atoms with Crippen molar-refractivity contribution in [2.24, 2.45) is 0 Å². The summed E-state index contributed by atoms with van der Waals surface area (Å²) in [4.78, 5) is 25.6. The monoisotopic (exact) mass is 489 g/mol. The molecule has 0 saturated carbocycles. The number of aromatic nitrogens is 4. The Hall–Kier alpha value is -3.42. The lowest BCUT2D eigenvalue weighted by Crippen LogP contribution is -2.44. The summed E-state index contributed by atoms with van der Waals surface area (Å²) in [6.07, 6.45) is 1.31. The summed E-state index contributed by atoms with van der Waals surface area (Å²) in [5.41, 5.74) is 0.552. The van der Waals surface area contributed by atoms with Crippen molar-refractivity contribution in [2.45, 2.75) is 25.1 Å². The molecule has 4 rings (SSSR count). The van der Waals surface area contributed by atoms with Crippen molar-refractivity contribution in [1.82, 2.24) is 24.4 Å². The molecule has 1 saturated heterocycles. The number of benzene rings is 1. The Kier molecular flexibility index (Phi) is 6.62. The van der Waals surface area contributed by atoms with Crippen LogP contribution in [0, 0.1) is 11.3 Å². The van der Waals surface area contributed by atoms with Gasteiger partial charge in [0, 0.05) is 30.9 Å². The van der Waals surface area contributed by atoms with Gasteiger partial charge in [-0.15, -0.1) is 0 Å². The molecule has 3 aromatic rings. The number of nitrogens with one attached hydrogen (secondary N) is 1. The third-order valence-electron chi connectivity index (χ3n) is 5.24. The summed E-state index contributed by atoms with van der Waals surface area (Å²) in [5.74, 6) is 0.850. The van der Waals surface area contributed by atoms with E-state index in [9.17, 15) is 14.3 Å². The fraction of sp³-hybridized carbons (Fsp3) is 0.286. The van der Waals surface area contributed by atoms with Crippen molar-refractivity contribution in [1.29, 1.82) is 5.26 Å². The molecular weight excluding hydrogens is 472 g/mol. The minimum Gasteiger partial charge on any atom is -0.465 e. The van der Waals surface area contributed by atoms with Crippen LogP contribution in [-0.4, -0.2) is 54.8 Å². The Morgan fingerprint density at radius 3 is 2.85 bits per heavy atom. The van der Waals surface area contributed by atoms with Crippen LogP contribution in [0.2, 0.25) is 10.0 Å². The van der Waals surface area contributed by atoms with Crippen LogP contribution >= 0.6 is 23.2 Å². The first-order valence-corrected chi connectivity index (χ1v) is 10.8. The SMILES string of the molecule is N#CC(F)c1cnc(-c2ccc(Cl)c(Cl)c2)n1-c1ccnc(NC2CCCN(C(=O)O)C2)n1. The third kappa shape index (κ3) is 4.84. The first kappa shape index (κ1) is 22.8. The zero-order valence-corrected chi connectivity index (χ0v) is 18.6. The number of hydrogen-bond acceptors (Lipinski definition) is 6. The van der Waals surface area contributed by atoms with Gasteiger partial charge in [-0.3, -0.25) is 4.57 Å². The molecule has 1 fully saturated rings. The highest BCUT2D eigenvalue weighted by molar-refractivity contribution is 6.42. The molecule has 1 aliphatic heterocycles. The highest BCUT2D eigenvalue weighted by Crippen LogP contribution is 2.32. The van der Waals surface area contributed by atoms with E-state index >= 15 is 0 Å². The molecule has 2 atom stereocenters. The fourth-order valence-electron chi connectivity index (χ4n) is 3.68. The number of carbonyl (C=O) groups is 1. The standard InChI is InChI=1S/C21H18Cl2FN7O2/c22-14-4-3-12(8-15(14)23)19-27-10-17(16(24)9-25)31(19)18-5-6-26-20(29-18)28-13-2-1-7-30(11-13)21(32)33/h3-6,8,10,13,16H,1-2,7,11H2,(H,32,33)(H,26,28,29). The number of anilines is 1. The second-order valence-corrected chi connectivity index (χ2v) is 8.23. The predicted molar refractivity (Wildman–Crippen MR) is 120 cm³/mol. The van der Waals surface area contributed by atoms with Crippen molar-refractivity contribution in [2.75, 3.05) is 18.4 Å². The second kappa shape index (κ2) is 9.60. The number of hydrogen-bond donors (Lipinski definition) is 2. The number of carboxylic acid groups (broad SMARTS) is 1. The fourth-order valence-corrected chi connectivity index (χ4v) is 3.98. The molecule has 170 valence electrons. The molecule has 33 heavy (non-hydrogen) atoms. The van der Waals surface area contributed by atoms with Crippen LogP contribution in [0.3, 0.4) is 0 Å². The second-order valence-electron chi connectivity index (χ2n) is 7.41. The van der Waals surface area contributed by atoms with Crippen LogP contribution in [0.5, 0.6) is 0 Å². The van der Waals surface area contributed by atoms with E-state index in [2.05, 4.69) is 20.3 Å². The molecule has 2 N–H and O–H groups in total. The molecule has 2 unspecified atom stereocenters. The van der Waals surface area contributed by atoms with E-state index in [0.29, 0.717) is 40.9 Å². The van der Waals surface area contributed by atoms with Crippen LogP contribution < -0.4 is 5.32 Å². The minimum atomic E-state index is -1.94. The van der Waals surface area contributed by atoms with Crippen molar-refractivity contribution in [3.8, 4) is 23.3 Å². The number of likely N-dealkylation sites (tertiary alicyclic amines) is 1. The van der Waals surface area contributed by atoms with Crippen LogP contribution in [0.4, 0.5) is 15.1 Å². The van der Waals surface area contributed by atoms with Crippen LogP contribution in [0.1, 0.15) is 24.7 Å². The highest BCUT2D eigenvalue weighted by atomic mass is 35.5. The maximum absolute atomic E-state index is 14.5. The van der Waals surface area contributed by atoms with E-state index in [-0.39, 0.29) is 23.5 Å². The molecule has 0 aliphatic carbocycles. The molecule has 3 heterocycles. The van der Waals surface area contributed by atoms with Gasteiger partial charge in [-0.05, 0) is 37.1 Å².